The Labute approximate surface area is 97.1 Å². The smallest absolute Gasteiger partial charge is 0.269 e. The van der Waals surface area contributed by atoms with Crippen molar-refractivity contribution in [1.82, 2.24) is 0 Å². The second kappa shape index (κ2) is 3.35. The molecule has 0 bridgehead atoms. The first kappa shape index (κ1) is 9.90. The van der Waals surface area contributed by atoms with Gasteiger partial charge in [0.05, 0.1) is 0 Å². The number of rotatable bonds is 0. The molecule has 0 N–H and O–H groups in total. The fraction of sp³-hybridized carbons (Fsp3) is 0.0714. The lowest BCUT2D eigenvalue weighted by molar-refractivity contribution is -0.133. The van der Waals surface area contributed by atoms with Crippen molar-refractivity contribution in [2.24, 2.45) is 0 Å². The summed E-state index contributed by atoms with van der Waals surface area (Å²) in [6, 6.07) is 11.1. The van der Waals surface area contributed by atoms with Crippen LogP contribution in [0.3, 0.4) is 0 Å². The van der Waals surface area contributed by atoms with E-state index in [0.717, 1.165) is 10.8 Å². The van der Waals surface area contributed by atoms with Crippen LogP contribution in [0.25, 0.3) is 10.8 Å². The van der Waals surface area contributed by atoms with Gasteiger partial charge in [-0.15, -0.1) is 0 Å². The molecule has 0 fully saturated rings. The molecule has 0 unspecified atom stereocenters. The fourth-order valence-electron chi connectivity index (χ4n) is 2.15. The molecule has 1 aliphatic rings. The number of benzene rings is 2. The van der Waals surface area contributed by atoms with Crippen LogP contribution in [0.5, 0.6) is 0 Å². The zero-order valence-electron chi connectivity index (χ0n) is 8.90. The lowest BCUT2D eigenvalue weighted by Gasteiger charge is -2.13. The fourth-order valence-corrected chi connectivity index (χ4v) is 2.15. The number of Topliss-reactive ketones (excluding diaryl/α,β-unsaturated/α-hetero) is 3. The van der Waals surface area contributed by atoms with Crippen LogP contribution in [0.15, 0.2) is 36.4 Å². The normalized spacial score (nSPS) is 15.2. The molecular weight excluding hydrogens is 216 g/mol. The van der Waals surface area contributed by atoms with Crippen molar-refractivity contribution in [1.29, 1.82) is 0 Å². The third-order valence-corrected chi connectivity index (χ3v) is 3.03. The summed E-state index contributed by atoms with van der Waals surface area (Å²) in [4.78, 5) is 34.4. The summed E-state index contributed by atoms with van der Waals surface area (Å²) < 4.78 is 0. The van der Waals surface area contributed by atoms with Gasteiger partial charge in [-0.25, -0.2) is 0 Å². The van der Waals surface area contributed by atoms with E-state index < -0.39 is 17.3 Å². The summed E-state index contributed by atoms with van der Waals surface area (Å²) >= 11 is 0. The summed E-state index contributed by atoms with van der Waals surface area (Å²) in [5.74, 6) is -2.19. The van der Waals surface area contributed by atoms with Crippen LogP contribution < -0.4 is 0 Å². The van der Waals surface area contributed by atoms with Crippen molar-refractivity contribution >= 4 is 28.1 Å². The Balaban J connectivity index is 2.32. The molecule has 0 saturated carbocycles. The van der Waals surface area contributed by atoms with E-state index in [1.165, 1.54) is 0 Å². The maximum Gasteiger partial charge on any atom is 0.269 e. The summed E-state index contributed by atoms with van der Waals surface area (Å²) in [6.07, 6.45) is 0.0325. The Bertz CT molecular complexity index is 683. The molecule has 1 aliphatic carbocycles. The standard InChI is InChI=1S/C14H8O3/c15-12-7-10-5-8-3-1-2-4-9(8)6-11(10)13(16)14(12)17/h1-6H,7H2. The highest BCUT2D eigenvalue weighted by Crippen LogP contribution is 2.24. The largest absolute Gasteiger partial charge is 0.290 e. The minimum atomic E-state index is -0.896. The number of fused-ring (bicyclic) bond motifs is 2. The van der Waals surface area contributed by atoms with E-state index in [9.17, 15) is 14.4 Å². The van der Waals surface area contributed by atoms with E-state index in [1.807, 2.05) is 30.3 Å². The highest BCUT2D eigenvalue weighted by molar-refractivity contribution is 6.68. The van der Waals surface area contributed by atoms with Crippen LogP contribution in [0, 0.1) is 0 Å². The van der Waals surface area contributed by atoms with Crippen molar-refractivity contribution in [3.63, 3.8) is 0 Å². The van der Waals surface area contributed by atoms with Crippen LogP contribution in [-0.4, -0.2) is 17.3 Å². The Kier molecular flexibility index (Phi) is 1.95. The molecule has 0 heterocycles. The molecule has 3 heteroatoms. The first-order valence-electron chi connectivity index (χ1n) is 5.30. The number of hydrogen-bond acceptors (Lipinski definition) is 3. The average Bonchev–Trinajstić information content (AvgIpc) is 2.34. The van der Waals surface area contributed by atoms with E-state index in [1.54, 1.807) is 6.07 Å². The predicted molar refractivity (Wildman–Crippen MR) is 62.0 cm³/mol. The number of carbonyl (C=O) groups excluding carboxylic acids is 3. The predicted octanol–water partition coefficient (Wildman–Crippen LogP) is 1.72. The molecule has 82 valence electrons. The molecule has 17 heavy (non-hydrogen) atoms. The SMILES string of the molecule is O=C1Cc2cc3ccccc3cc2C(=O)C1=O. The molecule has 0 spiro atoms. The van der Waals surface area contributed by atoms with Crippen LogP contribution in [0.4, 0.5) is 0 Å². The van der Waals surface area contributed by atoms with Gasteiger partial charge in [0.1, 0.15) is 0 Å². The Morgan fingerprint density at radius 3 is 2.18 bits per heavy atom. The van der Waals surface area contributed by atoms with E-state index in [4.69, 9.17) is 0 Å². The van der Waals surface area contributed by atoms with Gasteiger partial charge in [-0.05, 0) is 28.5 Å². The first-order valence-corrected chi connectivity index (χ1v) is 5.30. The minimum Gasteiger partial charge on any atom is -0.290 e. The maximum absolute atomic E-state index is 11.7. The average molecular weight is 224 g/mol. The Hall–Kier alpha value is -2.29. The summed E-state index contributed by atoms with van der Waals surface area (Å²) in [5.41, 5.74) is 1.02. The minimum absolute atomic E-state index is 0.0325. The topological polar surface area (TPSA) is 51.2 Å². The molecular formula is C14H8O3. The van der Waals surface area contributed by atoms with Gasteiger partial charge in [-0.2, -0.15) is 0 Å². The van der Waals surface area contributed by atoms with E-state index in [-0.39, 0.29) is 6.42 Å². The summed E-state index contributed by atoms with van der Waals surface area (Å²) in [6.45, 7) is 0. The molecule has 0 aliphatic heterocycles. The number of hydrogen-bond donors (Lipinski definition) is 0. The summed E-state index contributed by atoms with van der Waals surface area (Å²) in [7, 11) is 0. The molecule has 0 amide bonds. The van der Waals surface area contributed by atoms with Gasteiger partial charge in [0.25, 0.3) is 5.78 Å². The zero-order valence-corrected chi connectivity index (χ0v) is 8.90. The van der Waals surface area contributed by atoms with Crippen molar-refractivity contribution in [3.05, 3.63) is 47.5 Å². The van der Waals surface area contributed by atoms with Crippen LogP contribution in [-0.2, 0) is 16.0 Å². The molecule has 3 nitrogen and oxygen atoms in total. The van der Waals surface area contributed by atoms with Crippen LogP contribution in [0.1, 0.15) is 15.9 Å². The second-order valence-electron chi connectivity index (χ2n) is 4.11. The lowest BCUT2D eigenvalue weighted by Crippen LogP contribution is -2.31. The molecule has 0 radical (unpaired) electrons. The molecule has 0 aromatic heterocycles. The third-order valence-electron chi connectivity index (χ3n) is 3.03. The molecule has 2 aromatic carbocycles. The van der Waals surface area contributed by atoms with E-state index in [0.29, 0.717) is 11.1 Å². The third kappa shape index (κ3) is 1.40. The zero-order chi connectivity index (χ0) is 12.0. The van der Waals surface area contributed by atoms with E-state index >= 15 is 0 Å². The number of carbonyl (C=O) groups is 3. The van der Waals surface area contributed by atoms with Crippen molar-refractivity contribution in [2.45, 2.75) is 6.42 Å². The molecule has 0 atom stereocenters. The van der Waals surface area contributed by atoms with Gasteiger partial charge in [0.2, 0.25) is 11.6 Å². The maximum atomic E-state index is 11.7. The second-order valence-corrected chi connectivity index (χ2v) is 4.11. The molecule has 0 saturated heterocycles. The van der Waals surface area contributed by atoms with Crippen molar-refractivity contribution < 1.29 is 14.4 Å². The van der Waals surface area contributed by atoms with Crippen LogP contribution >= 0.6 is 0 Å². The van der Waals surface area contributed by atoms with Crippen molar-refractivity contribution in [2.75, 3.05) is 0 Å². The lowest BCUT2D eigenvalue weighted by atomic mass is 9.87. The van der Waals surface area contributed by atoms with Gasteiger partial charge in [-0.3, -0.25) is 14.4 Å². The number of ketones is 3. The van der Waals surface area contributed by atoms with Gasteiger partial charge in [0, 0.05) is 12.0 Å². The van der Waals surface area contributed by atoms with Gasteiger partial charge in [0.15, 0.2) is 0 Å². The van der Waals surface area contributed by atoms with Gasteiger partial charge in [-0.1, -0.05) is 24.3 Å². The van der Waals surface area contributed by atoms with Crippen LogP contribution in [0.2, 0.25) is 0 Å². The quantitative estimate of drug-likeness (QED) is 0.640. The van der Waals surface area contributed by atoms with Gasteiger partial charge < -0.3 is 0 Å². The highest BCUT2D eigenvalue weighted by Gasteiger charge is 2.32. The van der Waals surface area contributed by atoms with Crippen molar-refractivity contribution in [3.8, 4) is 0 Å². The van der Waals surface area contributed by atoms with Gasteiger partial charge >= 0.3 is 0 Å². The summed E-state index contributed by atoms with van der Waals surface area (Å²) in [5, 5.41) is 1.88. The Morgan fingerprint density at radius 2 is 1.47 bits per heavy atom. The highest BCUT2D eigenvalue weighted by atomic mass is 16.2. The van der Waals surface area contributed by atoms with E-state index in [2.05, 4.69) is 0 Å². The first-order chi connectivity index (χ1) is 8.16. The molecule has 3 rings (SSSR count). The molecule has 2 aromatic rings. The monoisotopic (exact) mass is 224 g/mol. The Morgan fingerprint density at radius 1 is 0.824 bits per heavy atom.